The summed E-state index contributed by atoms with van der Waals surface area (Å²) in [6.07, 6.45) is 0. The molecule has 29 heavy (non-hydrogen) atoms. The molecule has 0 saturated heterocycles. The van der Waals surface area contributed by atoms with Crippen molar-refractivity contribution in [2.24, 2.45) is 0 Å². The van der Waals surface area contributed by atoms with Crippen LogP contribution in [0.3, 0.4) is 0 Å². The molecule has 146 valence electrons. The third kappa shape index (κ3) is 5.07. The number of carbonyl (C=O) groups is 3. The first-order valence-corrected chi connectivity index (χ1v) is 8.88. The van der Waals surface area contributed by atoms with Crippen molar-refractivity contribution in [2.45, 2.75) is 0 Å². The first-order valence-electron chi connectivity index (χ1n) is 8.88. The van der Waals surface area contributed by atoms with Crippen LogP contribution >= 0.6 is 0 Å². The predicted molar refractivity (Wildman–Crippen MR) is 108 cm³/mol. The van der Waals surface area contributed by atoms with Gasteiger partial charge in [-0.05, 0) is 18.2 Å². The minimum absolute atomic E-state index is 0.107. The first kappa shape index (κ1) is 19.8. The van der Waals surface area contributed by atoms with E-state index in [1.807, 2.05) is 0 Å². The third-order valence-corrected chi connectivity index (χ3v) is 4.12. The molecule has 1 N–H and O–H groups in total. The fourth-order valence-corrected chi connectivity index (χ4v) is 2.71. The number of nitrogens with one attached hydrogen (secondary N) is 1. The van der Waals surface area contributed by atoms with Crippen LogP contribution in [0.25, 0.3) is 0 Å². The molecule has 0 aliphatic carbocycles. The summed E-state index contributed by atoms with van der Waals surface area (Å²) in [7, 11) is 1.52. The number of methoxy groups -OCH3 is 1. The molecule has 0 aliphatic heterocycles. The van der Waals surface area contributed by atoms with Gasteiger partial charge in [0.25, 0.3) is 5.91 Å². The maximum Gasteiger partial charge on any atom is 0.339 e. The van der Waals surface area contributed by atoms with Crippen LogP contribution in [0, 0.1) is 0 Å². The van der Waals surface area contributed by atoms with Crippen molar-refractivity contribution in [3.05, 3.63) is 95.6 Å². The van der Waals surface area contributed by atoms with Crippen molar-refractivity contribution in [3.8, 4) is 5.75 Å². The second-order valence-corrected chi connectivity index (χ2v) is 6.10. The highest BCUT2D eigenvalue weighted by Crippen LogP contribution is 2.17. The smallest absolute Gasteiger partial charge is 0.339 e. The highest BCUT2D eigenvalue weighted by Gasteiger charge is 2.19. The monoisotopic (exact) mass is 389 g/mol. The molecule has 0 spiro atoms. The quantitative estimate of drug-likeness (QED) is 0.492. The van der Waals surface area contributed by atoms with Gasteiger partial charge in [-0.3, -0.25) is 9.59 Å². The highest BCUT2D eigenvalue weighted by molar-refractivity contribution is 6.14. The van der Waals surface area contributed by atoms with Crippen LogP contribution in [0.2, 0.25) is 0 Å². The van der Waals surface area contributed by atoms with Gasteiger partial charge in [0.1, 0.15) is 5.75 Å². The number of hydrogen-bond donors (Lipinski definition) is 1. The van der Waals surface area contributed by atoms with E-state index in [9.17, 15) is 14.4 Å². The number of ketones is 1. The number of benzene rings is 3. The lowest BCUT2D eigenvalue weighted by Gasteiger charge is -2.10. The van der Waals surface area contributed by atoms with Crippen LogP contribution in [0.5, 0.6) is 5.75 Å². The summed E-state index contributed by atoms with van der Waals surface area (Å²) in [5.41, 5.74) is 1.31. The Kier molecular flexibility index (Phi) is 6.37. The lowest BCUT2D eigenvalue weighted by atomic mass is 9.98. The Bertz CT molecular complexity index is 1030. The molecule has 0 atom stereocenters. The van der Waals surface area contributed by atoms with Gasteiger partial charge in [0.2, 0.25) is 0 Å². The van der Waals surface area contributed by atoms with Gasteiger partial charge in [-0.15, -0.1) is 0 Å². The SMILES string of the molecule is COc1cccc(NC(=O)COC(=O)c2ccccc2C(=O)c2ccccc2)c1. The van der Waals surface area contributed by atoms with Crippen molar-refractivity contribution < 1.29 is 23.9 Å². The van der Waals surface area contributed by atoms with Crippen LogP contribution in [-0.4, -0.2) is 31.4 Å². The fourth-order valence-electron chi connectivity index (χ4n) is 2.71. The molecular weight excluding hydrogens is 370 g/mol. The standard InChI is InChI=1S/C23H19NO5/c1-28-18-11-7-10-17(14-18)24-21(25)15-29-23(27)20-13-6-5-12-19(20)22(26)16-8-3-2-4-9-16/h2-14H,15H2,1H3,(H,24,25). The molecule has 3 rings (SSSR count). The van der Waals surface area contributed by atoms with E-state index in [4.69, 9.17) is 9.47 Å². The van der Waals surface area contributed by atoms with Crippen molar-refractivity contribution in [3.63, 3.8) is 0 Å². The van der Waals surface area contributed by atoms with Gasteiger partial charge in [-0.2, -0.15) is 0 Å². The normalized spacial score (nSPS) is 10.1. The number of carbonyl (C=O) groups excluding carboxylic acids is 3. The van der Waals surface area contributed by atoms with E-state index >= 15 is 0 Å². The largest absolute Gasteiger partial charge is 0.497 e. The predicted octanol–water partition coefficient (Wildman–Crippen LogP) is 3.72. The topological polar surface area (TPSA) is 81.7 Å². The van der Waals surface area contributed by atoms with Gasteiger partial charge < -0.3 is 14.8 Å². The maximum absolute atomic E-state index is 12.7. The summed E-state index contributed by atoms with van der Waals surface area (Å²) >= 11 is 0. The Morgan fingerprint density at radius 2 is 1.52 bits per heavy atom. The molecule has 0 aromatic heterocycles. The van der Waals surface area contributed by atoms with Crippen LogP contribution < -0.4 is 10.1 Å². The molecule has 0 heterocycles. The van der Waals surface area contributed by atoms with Gasteiger partial charge in [0.05, 0.1) is 12.7 Å². The Morgan fingerprint density at radius 3 is 2.24 bits per heavy atom. The molecule has 3 aromatic rings. The van der Waals surface area contributed by atoms with Crippen molar-refractivity contribution in [2.75, 3.05) is 19.0 Å². The molecular formula is C23H19NO5. The number of esters is 1. The molecule has 0 fully saturated rings. The maximum atomic E-state index is 12.7. The molecule has 0 saturated carbocycles. The number of anilines is 1. The van der Waals surface area contributed by atoms with E-state index in [0.717, 1.165) is 0 Å². The average Bonchev–Trinajstić information content (AvgIpc) is 2.77. The molecule has 1 amide bonds. The molecule has 0 unspecified atom stereocenters. The zero-order valence-corrected chi connectivity index (χ0v) is 15.8. The lowest BCUT2D eigenvalue weighted by Crippen LogP contribution is -2.22. The van der Waals surface area contributed by atoms with Gasteiger partial charge in [0.15, 0.2) is 12.4 Å². The lowest BCUT2D eigenvalue weighted by molar-refractivity contribution is -0.119. The summed E-state index contributed by atoms with van der Waals surface area (Å²) in [5, 5.41) is 2.62. The molecule has 0 aliphatic rings. The highest BCUT2D eigenvalue weighted by atomic mass is 16.5. The van der Waals surface area contributed by atoms with E-state index in [-0.39, 0.29) is 16.9 Å². The van der Waals surface area contributed by atoms with Gasteiger partial charge in [-0.25, -0.2) is 4.79 Å². The Morgan fingerprint density at radius 1 is 0.828 bits per heavy atom. The van der Waals surface area contributed by atoms with E-state index in [0.29, 0.717) is 17.0 Å². The zero-order valence-electron chi connectivity index (χ0n) is 15.8. The van der Waals surface area contributed by atoms with Crippen LogP contribution in [-0.2, 0) is 9.53 Å². The van der Waals surface area contributed by atoms with Crippen LogP contribution in [0.15, 0.2) is 78.9 Å². The minimum Gasteiger partial charge on any atom is -0.497 e. The number of amides is 1. The Labute approximate surface area is 168 Å². The van der Waals surface area contributed by atoms with Gasteiger partial charge >= 0.3 is 5.97 Å². The van der Waals surface area contributed by atoms with Crippen LogP contribution in [0.4, 0.5) is 5.69 Å². The molecule has 3 aromatic carbocycles. The van der Waals surface area contributed by atoms with E-state index in [1.54, 1.807) is 72.8 Å². The molecule has 6 nitrogen and oxygen atoms in total. The average molecular weight is 389 g/mol. The van der Waals surface area contributed by atoms with Gasteiger partial charge in [-0.1, -0.05) is 54.6 Å². The van der Waals surface area contributed by atoms with Crippen molar-refractivity contribution in [1.82, 2.24) is 0 Å². The fraction of sp³-hybridized carbons (Fsp3) is 0.0870. The summed E-state index contributed by atoms with van der Waals surface area (Å²) in [4.78, 5) is 37.3. The molecule has 0 bridgehead atoms. The van der Waals surface area contributed by atoms with Crippen LogP contribution in [0.1, 0.15) is 26.3 Å². The number of ether oxygens (including phenoxy) is 2. The number of hydrogen-bond acceptors (Lipinski definition) is 5. The second-order valence-electron chi connectivity index (χ2n) is 6.10. The zero-order chi connectivity index (χ0) is 20.6. The summed E-state index contributed by atoms with van der Waals surface area (Å²) in [6.45, 7) is -0.482. The molecule has 6 heteroatoms. The van der Waals surface area contributed by atoms with E-state index < -0.39 is 18.5 Å². The third-order valence-electron chi connectivity index (χ3n) is 4.12. The Balaban J connectivity index is 1.67. The van der Waals surface area contributed by atoms with Crippen molar-refractivity contribution in [1.29, 1.82) is 0 Å². The summed E-state index contributed by atoms with van der Waals surface area (Å²) in [5.74, 6) is -0.948. The van der Waals surface area contributed by atoms with Crippen molar-refractivity contribution >= 4 is 23.3 Å². The first-order chi connectivity index (χ1) is 14.1. The summed E-state index contributed by atoms with van der Waals surface area (Å²) in [6, 6.07) is 21.8. The number of rotatable bonds is 7. The van der Waals surface area contributed by atoms with E-state index in [2.05, 4.69) is 5.32 Å². The molecule has 0 radical (unpaired) electrons. The Hall–Kier alpha value is -3.93. The minimum atomic E-state index is -0.745. The second kappa shape index (κ2) is 9.32. The van der Waals surface area contributed by atoms with Gasteiger partial charge in [0, 0.05) is 22.9 Å². The summed E-state index contributed by atoms with van der Waals surface area (Å²) < 4.78 is 10.2. The van der Waals surface area contributed by atoms with E-state index in [1.165, 1.54) is 13.2 Å².